The number of phenols is 1. The van der Waals surface area contributed by atoms with Gasteiger partial charge < -0.3 is 20.5 Å². The minimum absolute atomic E-state index is 0.0327. The summed E-state index contributed by atoms with van der Waals surface area (Å²) in [6, 6.07) is 14.8. The van der Waals surface area contributed by atoms with E-state index in [4.69, 9.17) is 4.74 Å². The van der Waals surface area contributed by atoms with Gasteiger partial charge in [0.2, 0.25) is 5.95 Å². The molecule has 9 heteroatoms. The monoisotopic (exact) mass is 452 g/mol. The van der Waals surface area contributed by atoms with Crippen LogP contribution in [0.25, 0.3) is 11.3 Å². The lowest BCUT2D eigenvalue weighted by molar-refractivity contribution is 0.373. The first kappa shape index (κ1) is 18.8. The van der Waals surface area contributed by atoms with Gasteiger partial charge in [0.25, 0.3) is 0 Å². The summed E-state index contributed by atoms with van der Waals surface area (Å²) in [5.74, 6) is 1.42. The van der Waals surface area contributed by atoms with Gasteiger partial charge in [-0.15, -0.1) is 0 Å². The van der Waals surface area contributed by atoms with Gasteiger partial charge in [0.15, 0.2) is 11.5 Å². The van der Waals surface area contributed by atoms with E-state index in [0.29, 0.717) is 23.2 Å². The predicted molar refractivity (Wildman–Crippen MR) is 115 cm³/mol. The van der Waals surface area contributed by atoms with Crippen molar-refractivity contribution in [2.45, 2.75) is 0 Å². The second-order valence-electron chi connectivity index (χ2n) is 6.07. The standard InChI is InChI=1S/C20H17BrN6O2/c1-29-18-7-6-14(10-17(18)28)25-20-22-11-15(21)19(26-20)24-13-4-2-12(3-5-13)16-8-9-23-27-16/h2-11,28H,1H3,(H,23,27)(H2,22,24,25,26). The number of hydrogen-bond acceptors (Lipinski definition) is 7. The zero-order chi connectivity index (χ0) is 20.2. The number of methoxy groups -OCH3 is 1. The summed E-state index contributed by atoms with van der Waals surface area (Å²) >= 11 is 3.46. The number of rotatable bonds is 6. The number of H-pyrrole nitrogens is 1. The van der Waals surface area contributed by atoms with Gasteiger partial charge in [-0.25, -0.2) is 4.98 Å². The zero-order valence-electron chi connectivity index (χ0n) is 15.3. The average molecular weight is 453 g/mol. The molecule has 0 bridgehead atoms. The highest BCUT2D eigenvalue weighted by atomic mass is 79.9. The van der Waals surface area contributed by atoms with Gasteiger partial charge in [-0.3, -0.25) is 5.10 Å². The summed E-state index contributed by atoms with van der Waals surface area (Å²) in [7, 11) is 1.50. The lowest BCUT2D eigenvalue weighted by Gasteiger charge is -2.11. The second kappa shape index (κ2) is 8.19. The summed E-state index contributed by atoms with van der Waals surface area (Å²) in [6.45, 7) is 0. The lowest BCUT2D eigenvalue weighted by Crippen LogP contribution is -2.01. The molecule has 2 aromatic carbocycles. The Morgan fingerprint density at radius 3 is 2.52 bits per heavy atom. The van der Waals surface area contributed by atoms with Crippen LogP contribution in [-0.2, 0) is 0 Å². The van der Waals surface area contributed by atoms with Crippen molar-refractivity contribution in [1.29, 1.82) is 0 Å². The van der Waals surface area contributed by atoms with Crippen molar-refractivity contribution in [3.8, 4) is 22.8 Å². The molecule has 8 nitrogen and oxygen atoms in total. The molecule has 29 heavy (non-hydrogen) atoms. The molecule has 0 amide bonds. The Hall–Kier alpha value is -3.59. The fraction of sp³-hybridized carbons (Fsp3) is 0.0500. The van der Waals surface area contributed by atoms with E-state index in [1.165, 1.54) is 7.11 Å². The fourth-order valence-corrected chi connectivity index (χ4v) is 2.99. The number of ether oxygens (including phenoxy) is 1. The molecule has 0 aliphatic rings. The molecule has 0 saturated heterocycles. The van der Waals surface area contributed by atoms with Gasteiger partial charge in [-0.1, -0.05) is 12.1 Å². The van der Waals surface area contributed by atoms with E-state index in [0.717, 1.165) is 21.4 Å². The molecule has 0 aliphatic heterocycles. The predicted octanol–water partition coefficient (Wildman–Crippen LogP) is 4.83. The Labute approximate surface area is 175 Å². The number of hydrogen-bond donors (Lipinski definition) is 4. The van der Waals surface area contributed by atoms with Crippen LogP contribution in [0.15, 0.2) is 65.4 Å². The maximum atomic E-state index is 9.92. The number of aromatic nitrogens is 4. The highest BCUT2D eigenvalue weighted by Gasteiger charge is 2.08. The first-order chi connectivity index (χ1) is 14.1. The third kappa shape index (κ3) is 4.30. The van der Waals surface area contributed by atoms with Crippen LogP contribution in [0.5, 0.6) is 11.5 Å². The molecule has 0 unspecified atom stereocenters. The zero-order valence-corrected chi connectivity index (χ0v) is 16.9. The van der Waals surface area contributed by atoms with E-state index >= 15 is 0 Å². The van der Waals surface area contributed by atoms with Crippen molar-refractivity contribution in [3.63, 3.8) is 0 Å². The summed E-state index contributed by atoms with van der Waals surface area (Å²) in [4.78, 5) is 8.76. The average Bonchev–Trinajstić information content (AvgIpc) is 3.26. The van der Waals surface area contributed by atoms with Crippen molar-refractivity contribution in [3.05, 3.63) is 65.4 Å². The number of anilines is 4. The first-order valence-electron chi connectivity index (χ1n) is 8.66. The minimum Gasteiger partial charge on any atom is -0.504 e. The highest BCUT2D eigenvalue weighted by molar-refractivity contribution is 9.10. The largest absolute Gasteiger partial charge is 0.504 e. The smallest absolute Gasteiger partial charge is 0.229 e. The van der Waals surface area contributed by atoms with Crippen LogP contribution in [0.2, 0.25) is 0 Å². The molecule has 4 aromatic rings. The fourth-order valence-electron chi connectivity index (χ4n) is 2.70. The maximum Gasteiger partial charge on any atom is 0.229 e. The van der Waals surface area contributed by atoms with Gasteiger partial charge >= 0.3 is 0 Å². The van der Waals surface area contributed by atoms with Crippen LogP contribution in [-0.4, -0.2) is 32.4 Å². The molecule has 4 N–H and O–H groups in total. The Morgan fingerprint density at radius 1 is 1.03 bits per heavy atom. The Kier molecular flexibility index (Phi) is 5.30. The molecule has 146 valence electrons. The van der Waals surface area contributed by atoms with Crippen molar-refractivity contribution in [1.82, 2.24) is 20.2 Å². The van der Waals surface area contributed by atoms with E-state index in [9.17, 15) is 5.11 Å². The molecule has 0 spiro atoms. The third-order valence-corrected chi connectivity index (χ3v) is 4.72. The third-order valence-electron chi connectivity index (χ3n) is 4.14. The molecule has 2 heterocycles. The van der Waals surface area contributed by atoms with Gasteiger partial charge in [-0.2, -0.15) is 10.1 Å². The number of nitrogens with one attached hydrogen (secondary N) is 3. The van der Waals surface area contributed by atoms with Crippen LogP contribution in [0, 0.1) is 0 Å². The van der Waals surface area contributed by atoms with Crippen LogP contribution in [0.3, 0.4) is 0 Å². The van der Waals surface area contributed by atoms with Crippen molar-refractivity contribution in [2.75, 3.05) is 17.7 Å². The summed E-state index contributed by atoms with van der Waals surface area (Å²) in [5, 5.41) is 23.2. The van der Waals surface area contributed by atoms with E-state index < -0.39 is 0 Å². The summed E-state index contributed by atoms with van der Waals surface area (Å²) in [6.07, 6.45) is 3.37. The van der Waals surface area contributed by atoms with E-state index in [1.54, 1.807) is 30.6 Å². The first-order valence-corrected chi connectivity index (χ1v) is 9.45. The number of aromatic amines is 1. The van der Waals surface area contributed by atoms with E-state index in [2.05, 4.69) is 46.7 Å². The number of halogens is 1. The Balaban J connectivity index is 1.52. The molecular weight excluding hydrogens is 436 g/mol. The number of aromatic hydroxyl groups is 1. The molecule has 0 saturated carbocycles. The van der Waals surface area contributed by atoms with Crippen LogP contribution in [0.1, 0.15) is 0 Å². The lowest BCUT2D eigenvalue weighted by atomic mass is 10.1. The normalized spacial score (nSPS) is 10.6. The summed E-state index contributed by atoms with van der Waals surface area (Å²) in [5.41, 5.74) is 3.51. The van der Waals surface area contributed by atoms with E-state index in [-0.39, 0.29) is 5.75 Å². The quantitative estimate of drug-likeness (QED) is 0.331. The highest BCUT2D eigenvalue weighted by Crippen LogP contribution is 2.31. The molecule has 4 rings (SSSR count). The Bertz CT molecular complexity index is 1120. The van der Waals surface area contributed by atoms with Gasteiger partial charge in [0, 0.05) is 29.8 Å². The molecule has 0 radical (unpaired) electrons. The van der Waals surface area contributed by atoms with Gasteiger partial charge in [-0.05, 0) is 51.8 Å². The van der Waals surface area contributed by atoms with E-state index in [1.807, 2.05) is 30.3 Å². The maximum absolute atomic E-state index is 9.92. The van der Waals surface area contributed by atoms with Crippen LogP contribution >= 0.6 is 15.9 Å². The SMILES string of the molecule is COc1ccc(Nc2ncc(Br)c(Nc3ccc(-c4ccn[nH]4)cc3)n2)cc1O. The van der Waals surface area contributed by atoms with Crippen LogP contribution in [0.4, 0.5) is 23.1 Å². The number of phenolic OH excluding ortho intramolecular Hbond substituents is 1. The second-order valence-corrected chi connectivity index (χ2v) is 6.93. The van der Waals surface area contributed by atoms with Crippen molar-refractivity contribution in [2.24, 2.45) is 0 Å². The summed E-state index contributed by atoms with van der Waals surface area (Å²) < 4.78 is 5.77. The molecular formula is C20H17BrN6O2. The van der Waals surface area contributed by atoms with Gasteiger partial charge in [0.1, 0.15) is 5.82 Å². The van der Waals surface area contributed by atoms with Gasteiger partial charge in [0.05, 0.1) is 17.3 Å². The number of nitrogens with zero attached hydrogens (tertiary/aromatic N) is 3. The van der Waals surface area contributed by atoms with Crippen LogP contribution < -0.4 is 15.4 Å². The Morgan fingerprint density at radius 2 is 1.83 bits per heavy atom. The minimum atomic E-state index is 0.0327. The molecule has 0 atom stereocenters. The van der Waals surface area contributed by atoms with Crippen molar-refractivity contribution >= 4 is 39.1 Å². The molecule has 0 aliphatic carbocycles. The topological polar surface area (TPSA) is 108 Å². The molecule has 2 aromatic heterocycles. The number of benzene rings is 2. The molecule has 0 fully saturated rings. The van der Waals surface area contributed by atoms with Crippen molar-refractivity contribution < 1.29 is 9.84 Å².